The minimum absolute atomic E-state index is 0.0999. The van der Waals surface area contributed by atoms with Crippen molar-refractivity contribution in [1.82, 2.24) is 0 Å². The van der Waals surface area contributed by atoms with E-state index in [2.05, 4.69) is 37.9 Å². The van der Waals surface area contributed by atoms with Gasteiger partial charge < -0.3 is 10.1 Å². The van der Waals surface area contributed by atoms with Gasteiger partial charge in [-0.25, -0.2) is 0 Å². The van der Waals surface area contributed by atoms with Gasteiger partial charge in [-0.2, -0.15) is 0 Å². The molecule has 2 rings (SSSR count). The number of hydrogen-bond acceptors (Lipinski definition) is 3. The first-order valence-electron chi connectivity index (χ1n) is 8.46. The number of carbonyl (C=O) groups is 1. The molecule has 25 heavy (non-hydrogen) atoms. The first kappa shape index (κ1) is 19.1. The third-order valence-electron chi connectivity index (χ3n) is 4.11. The van der Waals surface area contributed by atoms with E-state index in [1.807, 2.05) is 24.3 Å². The van der Waals surface area contributed by atoms with Crippen LogP contribution >= 0.6 is 11.8 Å². The predicted molar refractivity (Wildman–Crippen MR) is 109 cm³/mol. The summed E-state index contributed by atoms with van der Waals surface area (Å²) in [4.78, 5) is 11.8. The van der Waals surface area contributed by atoms with Crippen molar-refractivity contribution in [3.63, 3.8) is 0 Å². The number of aryl methyl sites for hydroxylation is 2. The summed E-state index contributed by atoms with van der Waals surface area (Å²) in [5.41, 5.74) is 5.10. The molecule has 0 spiro atoms. The largest absolute Gasteiger partial charge is 0.489 e. The molecule has 2 aromatic rings. The second kappa shape index (κ2) is 9.33. The molecule has 4 heteroatoms. The van der Waals surface area contributed by atoms with Gasteiger partial charge in [0.2, 0.25) is 0 Å². The second-order valence-electron chi connectivity index (χ2n) is 5.64. The van der Waals surface area contributed by atoms with Crippen molar-refractivity contribution in [2.24, 2.45) is 0 Å². The lowest BCUT2D eigenvalue weighted by molar-refractivity contribution is 0.269. The van der Waals surface area contributed by atoms with Gasteiger partial charge in [-0.15, -0.1) is 0 Å². The molecule has 0 aliphatic heterocycles. The molecule has 1 N–H and O–H groups in total. The van der Waals surface area contributed by atoms with E-state index in [1.54, 1.807) is 12.3 Å². The minimum atomic E-state index is -0.0999. The molecular formula is C21H25NO2S. The van der Waals surface area contributed by atoms with E-state index >= 15 is 0 Å². The van der Waals surface area contributed by atoms with Crippen molar-refractivity contribution in [2.45, 2.75) is 33.3 Å². The molecule has 0 aliphatic carbocycles. The summed E-state index contributed by atoms with van der Waals surface area (Å²) in [5.74, 6) is 0.894. The Labute approximate surface area is 154 Å². The number of carbonyl (C=O) groups excluding carboxylic acids is 1. The average Bonchev–Trinajstić information content (AvgIpc) is 2.66. The Morgan fingerprint density at radius 2 is 2.00 bits per heavy atom. The summed E-state index contributed by atoms with van der Waals surface area (Å²) in [6, 6.07) is 12.2. The van der Waals surface area contributed by atoms with Crippen LogP contribution in [0.25, 0.3) is 6.08 Å². The number of hydrogen-bond donors (Lipinski definition) is 1. The third-order valence-corrected chi connectivity index (χ3v) is 4.59. The number of ether oxygens (including phenoxy) is 1. The van der Waals surface area contributed by atoms with Gasteiger partial charge in [0, 0.05) is 5.56 Å². The Balaban J connectivity index is 2.26. The molecule has 0 atom stereocenters. The normalized spacial score (nSPS) is 10.4. The first-order chi connectivity index (χ1) is 12.1. The smallest absolute Gasteiger partial charge is 0.283 e. The molecule has 1 amide bonds. The van der Waals surface area contributed by atoms with Crippen LogP contribution in [-0.4, -0.2) is 11.5 Å². The number of anilines is 1. The number of rotatable bonds is 7. The molecule has 0 aliphatic rings. The van der Waals surface area contributed by atoms with Crippen LogP contribution < -0.4 is 10.1 Å². The number of nitrogens with one attached hydrogen (secondary N) is 1. The van der Waals surface area contributed by atoms with Gasteiger partial charge in [0.25, 0.3) is 5.24 Å². The summed E-state index contributed by atoms with van der Waals surface area (Å²) < 4.78 is 6.08. The summed E-state index contributed by atoms with van der Waals surface area (Å²) in [5, 5.41) is 2.84. The topological polar surface area (TPSA) is 38.3 Å². The van der Waals surface area contributed by atoms with Crippen LogP contribution in [0.3, 0.4) is 0 Å². The highest BCUT2D eigenvalue weighted by Gasteiger charge is 2.11. The van der Waals surface area contributed by atoms with Gasteiger partial charge in [0.1, 0.15) is 12.4 Å². The highest BCUT2D eigenvalue weighted by molar-refractivity contribution is 8.13. The van der Waals surface area contributed by atoms with Crippen molar-refractivity contribution in [2.75, 3.05) is 11.6 Å². The van der Waals surface area contributed by atoms with E-state index in [9.17, 15) is 4.79 Å². The van der Waals surface area contributed by atoms with Crippen LogP contribution in [0.15, 0.2) is 43.0 Å². The summed E-state index contributed by atoms with van der Waals surface area (Å²) >= 11 is 1.15. The third kappa shape index (κ3) is 4.89. The van der Waals surface area contributed by atoms with Crippen LogP contribution in [0.5, 0.6) is 5.75 Å². The van der Waals surface area contributed by atoms with E-state index in [0.717, 1.165) is 47.2 Å². The first-order valence-corrected chi connectivity index (χ1v) is 9.69. The van der Waals surface area contributed by atoms with E-state index in [4.69, 9.17) is 4.74 Å². The van der Waals surface area contributed by atoms with Gasteiger partial charge in [0.05, 0.1) is 5.69 Å². The molecule has 0 saturated heterocycles. The maximum Gasteiger partial charge on any atom is 0.283 e. The van der Waals surface area contributed by atoms with Gasteiger partial charge in [-0.3, -0.25) is 4.79 Å². The molecule has 0 heterocycles. The quantitative estimate of drug-likeness (QED) is 0.669. The molecule has 0 saturated carbocycles. The SMILES string of the molecule is C=Cc1cccc(COc2ccc(CC)cc2CC)c1NC(=O)SC. The molecule has 0 unspecified atom stereocenters. The Hall–Kier alpha value is -2.20. The van der Waals surface area contributed by atoms with Crippen LogP contribution in [0.1, 0.15) is 36.1 Å². The molecule has 0 bridgehead atoms. The predicted octanol–water partition coefficient (Wildman–Crippen LogP) is 5.93. The van der Waals surface area contributed by atoms with E-state index < -0.39 is 0 Å². The van der Waals surface area contributed by atoms with E-state index in [-0.39, 0.29) is 5.24 Å². The fourth-order valence-corrected chi connectivity index (χ4v) is 2.85. The Kier molecular flexibility index (Phi) is 7.14. The molecule has 0 radical (unpaired) electrons. The monoisotopic (exact) mass is 355 g/mol. The van der Waals surface area contributed by atoms with Crippen LogP contribution in [-0.2, 0) is 19.4 Å². The summed E-state index contributed by atoms with van der Waals surface area (Å²) in [6.45, 7) is 8.50. The van der Waals surface area contributed by atoms with Gasteiger partial charge in [-0.05, 0) is 41.9 Å². The number of benzene rings is 2. The standard InChI is InChI=1S/C21H25NO2S/c1-5-15-11-12-19(17(7-3)13-15)24-14-18-10-8-9-16(6-2)20(18)22-21(23)25-4/h6,8-13H,2,5,7,14H2,1,3-4H3,(H,22,23). The Morgan fingerprint density at radius 3 is 2.64 bits per heavy atom. The highest BCUT2D eigenvalue weighted by atomic mass is 32.2. The Morgan fingerprint density at radius 1 is 1.20 bits per heavy atom. The number of amides is 1. The Bertz CT molecular complexity index is 756. The number of thioether (sulfide) groups is 1. The molecular weight excluding hydrogens is 330 g/mol. The van der Waals surface area contributed by atoms with E-state index in [0.29, 0.717) is 6.61 Å². The lowest BCUT2D eigenvalue weighted by Crippen LogP contribution is -2.10. The molecule has 132 valence electrons. The van der Waals surface area contributed by atoms with Crippen LogP contribution in [0.4, 0.5) is 10.5 Å². The average molecular weight is 356 g/mol. The van der Waals surface area contributed by atoms with Crippen molar-refractivity contribution < 1.29 is 9.53 Å². The zero-order valence-corrected chi connectivity index (χ0v) is 15.9. The fraction of sp³-hybridized carbons (Fsp3) is 0.286. The van der Waals surface area contributed by atoms with Gasteiger partial charge >= 0.3 is 0 Å². The molecule has 3 nitrogen and oxygen atoms in total. The van der Waals surface area contributed by atoms with Crippen molar-refractivity contribution in [3.8, 4) is 5.75 Å². The van der Waals surface area contributed by atoms with Crippen LogP contribution in [0.2, 0.25) is 0 Å². The minimum Gasteiger partial charge on any atom is -0.489 e. The van der Waals surface area contributed by atoms with E-state index in [1.165, 1.54) is 11.1 Å². The van der Waals surface area contributed by atoms with Crippen LogP contribution in [0, 0.1) is 0 Å². The molecule has 0 aromatic heterocycles. The lowest BCUT2D eigenvalue weighted by atomic mass is 10.1. The van der Waals surface area contributed by atoms with Crippen molar-refractivity contribution in [1.29, 1.82) is 0 Å². The summed E-state index contributed by atoms with van der Waals surface area (Å²) in [7, 11) is 0. The molecule has 2 aromatic carbocycles. The van der Waals surface area contributed by atoms with Crippen molar-refractivity contribution in [3.05, 3.63) is 65.2 Å². The number of para-hydroxylation sites is 1. The summed E-state index contributed by atoms with van der Waals surface area (Å²) in [6.07, 6.45) is 5.43. The zero-order valence-electron chi connectivity index (χ0n) is 15.1. The van der Waals surface area contributed by atoms with Gasteiger partial charge in [0.15, 0.2) is 0 Å². The fourth-order valence-electron chi connectivity index (χ4n) is 2.64. The van der Waals surface area contributed by atoms with Crippen molar-refractivity contribution >= 4 is 28.8 Å². The maximum absolute atomic E-state index is 11.8. The second-order valence-corrected chi connectivity index (χ2v) is 6.42. The highest BCUT2D eigenvalue weighted by Crippen LogP contribution is 2.27. The van der Waals surface area contributed by atoms with Gasteiger partial charge in [-0.1, -0.05) is 68.6 Å². The maximum atomic E-state index is 11.8. The zero-order chi connectivity index (χ0) is 18.2. The lowest BCUT2D eigenvalue weighted by Gasteiger charge is -2.16. The molecule has 0 fully saturated rings.